The van der Waals surface area contributed by atoms with Gasteiger partial charge in [0, 0.05) is 22.5 Å². The number of carbonyl (C=O) groups excluding carboxylic acids is 1. The van der Waals surface area contributed by atoms with Gasteiger partial charge in [0.15, 0.2) is 0 Å². The van der Waals surface area contributed by atoms with Crippen molar-refractivity contribution < 1.29 is 4.79 Å². The summed E-state index contributed by atoms with van der Waals surface area (Å²) in [6.07, 6.45) is 3.42. The van der Waals surface area contributed by atoms with Crippen molar-refractivity contribution in [3.05, 3.63) is 108 Å². The van der Waals surface area contributed by atoms with Crippen LogP contribution in [0.1, 0.15) is 28.9 Å². The Labute approximate surface area is 201 Å². The van der Waals surface area contributed by atoms with Crippen LogP contribution in [-0.2, 0) is 0 Å². The topological polar surface area (TPSA) is 84.7 Å². The van der Waals surface area contributed by atoms with Gasteiger partial charge in [-0.1, -0.05) is 48.0 Å². The van der Waals surface area contributed by atoms with E-state index < -0.39 is 0 Å². The Bertz CT molecular complexity index is 1470. The number of rotatable bonds is 6. The molecule has 168 valence electrons. The van der Waals surface area contributed by atoms with Gasteiger partial charge in [-0.05, 0) is 55.0 Å². The normalized spacial score (nSPS) is 11.8. The molecule has 1 unspecified atom stereocenters. The van der Waals surface area contributed by atoms with Gasteiger partial charge >= 0.3 is 0 Å². The molecule has 5 rings (SSSR count). The number of fused-ring (bicyclic) bond motifs is 1. The van der Waals surface area contributed by atoms with Crippen molar-refractivity contribution in [1.29, 1.82) is 0 Å². The Kier molecular flexibility index (Phi) is 5.93. The average molecular weight is 469 g/mol. The lowest BCUT2D eigenvalue weighted by atomic mass is 10.1. The van der Waals surface area contributed by atoms with Crippen molar-refractivity contribution in [3.63, 3.8) is 0 Å². The molecule has 0 radical (unpaired) electrons. The molecule has 0 aliphatic rings. The van der Waals surface area contributed by atoms with Crippen LogP contribution >= 0.6 is 11.6 Å². The van der Waals surface area contributed by atoms with E-state index in [-0.39, 0.29) is 11.9 Å². The molecule has 2 N–H and O–H groups in total. The van der Waals surface area contributed by atoms with Gasteiger partial charge in [-0.2, -0.15) is 4.98 Å². The van der Waals surface area contributed by atoms with E-state index in [9.17, 15) is 4.79 Å². The Morgan fingerprint density at radius 3 is 2.65 bits per heavy atom. The molecule has 5 aromatic rings. The summed E-state index contributed by atoms with van der Waals surface area (Å²) in [6.45, 7) is 2.07. The van der Waals surface area contributed by atoms with E-state index in [1.165, 1.54) is 0 Å². The standard InChI is InChI=1S/C26H21ClN6O/c1-17(18-6-3-2-4-7-18)30-26-28-13-12-24(32-26)33-16-29-22-15-21(10-11-23(22)33)31-25(34)19-8-5-9-20(27)14-19/h2-17H,1H3,(H,31,34)(H,28,30,32). The largest absolute Gasteiger partial charge is 0.348 e. The third kappa shape index (κ3) is 4.60. The number of aromatic nitrogens is 4. The van der Waals surface area contributed by atoms with Crippen LogP contribution in [0.4, 0.5) is 11.6 Å². The molecule has 0 fully saturated rings. The quantitative estimate of drug-likeness (QED) is 0.324. The van der Waals surface area contributed by atoms with Crippen molar-refractivity contribution >= 4 is 40.2 Å². The molecule has 0 aliphatic heterocycles. The van der Waals surface area contributed by atoms with Crippen LogP contribution in [-0.4, -0.2) is 25.4 Å². The first-order valence-electron chi connectivity index (χ1n) is 10.8. The van der Waals surface area contributed by atoms with Crippen molar-refractivity contribution in [1.82, 2.24) is 19.5 Å². The number of imidazole rings is 1. The Morgan fingerprint density at radius 1 is 0.971 bits per heavy atom. The van der Waals surface area contributed by atoms with Gasteiger partial charge < -0.3 is 10.6 Å². The summed E-state index contributed by atoms with van der Waals surface area (Å²) < 4.78 is 1.89. The van der Waals surface area contributed by atoms with Gasteiger partial charge in [0.05, 0.1) is 17.1 Å². The second-order valence-electron chi connectivity index (χ2n) is 7.80. The highest BCUT2D eigenvalue weighted by Gasteiger charge is 2.12. The molecule has 0 bridgehead atoms. The maximum Gasteiger partial charge on any atom is 0.255 e. The average Bonchev–Trinajstić information content (AvgIpc) is 3.28. The summed E-state index contributed by atoms with van der Waals surface area (Å²) in [5, 5.41) is 6.75. The van der Waals surface area contributed by atoms with Gasteiger partial charge in [-0.3, -0.25) is 9.36 Å². The minimum absolute atomic E-state index is 0.0571. The van der Waals surface area contributed by atoms with E-state index >= 15 is 0 Å². The molecule has 0 saturated heterocycles. The summed E-state index contributed by atoms with van der Waals surface area (Å²) in [5.41, 5.74) is 3.88. The van der Waals surface area contributed by atoms with Gasteiger partial charge in [0.1, 0.15) is 12.1 Å². The van der Waals surface area contributed by atoms with E-state index in [2.05, 4.69) is 44.6 Å². The van der Waals surface area contributed by atoms with Crippen molar-refractivity contribution in [2.45, 2.75) is 13.0 Å². The van der Waals surface area contributed by atoms with Gasteiger partial charge in [-0.25, -0.2) is 9.97 Å². The van der Waals surface area contributed by atoms with E-state index in [0.29, 0.717) is 28.0 Å². The molecule has 7 nitrogen and oxygen atoms in total. The fourth-order valence-electron chi connectivity index (χ4n) is 3.68. The maximum absolute atomic E-state index is 12.5. The molecule has 1 atom stereocenters. The number of hydrogen-bond donors (Lipinski definition) is 2. The molecular formula is C26H21ClN6O. The lowest BCUT2D eigenvalue weighted by Crippen LogP contribution is -2.11. The van der Waals surface area contributed by atoms with Gasteiger partial charge in [0.25, 0.3) is 5.91 Å². The number of anilines is 2. The van der Waals surface area contributed by atoms with Crippen LogP contribution in [0, 0.1) is 0 Å². The van der Waals surface area contributed by atoms with Crippen LogP contribution in [0.25, 0.3) is 16.9 Å². The lowest BCUT2D eigenvalue weighted by Gasteiger charge is -2.14. The molecule has 2 aromatic heterocycles. The molecular weight excluding hydrogens is 448 g/mol. The SMILES string of the molecule is CC(Nc1nccc(-n2cnc3cc(NC(=O)c4cccc(Cl)c4)ccc32)n1)c1ccccc1. The van der Waals surface area contributed by atoms with E-state index in [0.717, 1.165) is 16.6 Å². The summed E-state index contributed by atoms with van der Waals surface area (Å²) in [6, 6.07) is 24.4. The third-order valence-electron chi connectivity index (χ3n) is 5.42. The number of carbonyl (C=O) groups is 1. The summed E-state index contributed by atoms with van der Waals surface area (Å²) in [5.74, 6) is 0.984. The highest BCUT2D eigenvalue weighted by molar-refractivity contribution is 6.31. The lowest BCUT2D eigenvalue weighted by molar-refractivity contribution is 0.102. The summed E-state index contributed by atoms with van der Waals surface area (Å²) in [4.78, 5) is 26.1. The molecule has 0 spiro atoms. The monoisotopic (exact) mass is 468 g/mol. The molecule has 1 amide bonds. The number of nitrogens with zero attached hydrogens (tertiary/aromatic N) is 4. The zero-order valence-corrected chi connectivity index (χ0v) is 19.1. The van der Waals surface area contributed by atoms with Crippen LogP contribution in [0.5, 0.6) is 0 Å². The fraction of sp³-hybridized carbons (Fsp3) is 0.0769. The number of halogens is 1. The minimum atomic E-state index is -0.236. The summed E-state index contributed by atoms with van der Waals surface area (Å²) in [7, 11) is 0. The number of amides is 1. The zero-order chi connectivity index (χ0) is 23.5. The van der Waals surface area contributed by atoms with Crippen molar-refractivity contribution in [2.75, 3.05) is 10.6 Å². The predicted octanol–water partition coefficient (Wildman–Crippen LogP) is 5.89. The van der Waals surface area contributed by atoms with Crippen LogP contribution < -0.4 is 10.6 Å². The first-order chi connectivity index (χ1) is 16.6. The van der Waals surface area contributed by atoms with Crippen molar-refractivity contribution in [3.8, 4) is 5.82 Å². The number of nitrogens with one attached hydrogen (secondary N) is 2. The van der Waals surface area contributed by atoms with E-state index in [1.807, 2.05) is 47.0 Å². The molecule has 0 aliphatic carbocycles. The molecule has 8 heteroatoms. The summed E-state index contributed by atoms with van der Waals surface area (Å²) >= 11 is 5.99. The van der Waals surface area contributed by atoms with Gasteiger partial charge in [-0.15, -0.1) is 0 Å². The molecule has 2 heterocycles. The smallest absolute Gasteiger partial charge is 0.255 e. The van der Waals surface area contributed by atoms with Crippen molar-refractivity contribution in [2.24, 2.45) is 0 Å². The zero-order valence-electron chi connectivity index (χ0n) is 18.3. The third-order valence-corrected chi connectivity index (χ3v) is 5.66. The molecule has 34 heavy (non-hydrogen) atoms. The molecule has 3 aromatic carbocycles. The van der Waals surface area contributed by atoms with Crippen LogP contribution in [0.15, 0.2) is 91.4 Å². The first-order valence-corrected chi connectivity index (χ1v) is 11.1. The second-order valence-corrected chi connectivity index (χ2v) is 8.23. The van der Waals surface area contributed by atoms with E-state index in [4.69, 9.17) is 11.6 Å². The fourth-order valence-corrected chi connectivity index (χ4v) is 3.87. The highest BCUT2D eigenvalue weighted by Crippen LogP contribution is 2.23. The predicted molar refractivity (Wildman–Crippen MR) is 135 cm³/mol. The van der Waals surface area contributed by atoms with E-state index in [1.54, 1.807) is 36.8 Å². The number of hydrogen-bond acceptors (Lipinski definition) is 5. The number of benzene rings is 3. The van der Waals surface area contributed by atoms with Crippen LogP contribution in [0.3, 0.4) is 0 Å². The van der Waals surface area contributed by atoms with Crippen LogP contribution in [0.2, 0.25) is 5.02 Å². The maximum atomic E-state index is 12.5. The highest BCUT2D eigenvalue weighted by atomic mass is 35.5. The Hall–Kier alpha value is -4.23. The minimum Gasteiger partial charge on any atom is -0.348 e. The second kappa shape index (κ2) is 9.33. The Balaban J connectivity index is 1.36. The molecule has 0 saturated carbocycles. The Morgan fingerprint density at radius 2 is 1.82 bits per heavy atom. The van der Waals surface area contributed by atoms with Gasteiger partial charge in [0.2, 0.25) is 5.95 Å². The first kappa shape index (κ1) is 21.6.